The van der Waals surface area contributed by atoms with Gasteiger partial charge in [0.15, 0.2) is 19.7 Å². The second-order valence-corrected chi connectivity index (χ2v) is 10.2. The summed E-state index contributed by atoms with van der Waals surface area (Å²) in [5, 5.41) is 1.61. The van der Waals surface area contributed by atoms with Gasteiger partial charge in [-0.25, -0.2) is 16.8 Å². The minimum absolute atomic E-state index is 0.0559. The fourth-order valence-corrected chi connectivity index (χ4v) is 6.94. The van der Waals surface area contributed by atoms with E-state index in [4.69, 9.17) is 0 Å². The first-order valence-corrected chi connectivity index (χ1v) is 11.6. The standard InChI is InChI=1S/C18H21NO4S2/c1-3-11-24(20,21)16-13-19-10-9-14-7-5-6-8-15(14)17(19)18(16)25(22,23)12-4-2/h5-10,13H,3-4,11-12H2,1-2H3. The van der Waals surface area contributed by atoms with Crippen LogP contribution in [0.2, 0.25) is 0 Å². The van der Waals surface area contributed by atoms with Gasteiger partial charge >= 0.3 is 0 Å². The molecule has 2 aromatic heterocycles. The van der Waals surface area contributed by atoms with Crippen molar-refractivity contribution in [3.05, 3.63) is 42.7 Å². The molecule has 0 saturated carbocycles. The molecule has 0 fully saturated rings. The molecule has 1 aromatic carbocycles. The maximum Gasteiger partial charge on any atom is 0.181 e. The second-order valence-electron chi connectivity index (χ2n) is 6.12. The molecule has 3 rings (SSSR count). The highest BCUT2D eigenvalue weighted by molar-refractivity contribution is 7.94. The Morgan fingerprint density at radius 1 is 0.880 bits per heavy atom. The summed E-state index contributed by atoms with van der Waals surface area (Å²) in [4.78, 5) is -0.140. The van der Waals surface area contributed by atoms with Crippen LogP contribution in [0.1, 0.15) is 26.7 Å². The van der Waals surface area contributed by atoms with Gasteiger partial charge in [-0.15, -0.1) is 0 Å². The molecule has 0 aliphatic rings. The summed E-state index contributed by atoms with van der Waals surface area (Å²) in [6, 6.07) is 9.27. The summed E-state index contributed by atoms with van der Waals surface area (Å²) in [5.74, 6) is -0.152. The number of benzene rings is 1. The molecule has 25 heavy (non-hydrogen) atoms. The molecule has 5 nitrogen and oxygen atoms in total. The van der Waals surface area contributed by atoms with Gasteiger partial charge in [-0.05, 0) is 24.3 Å². The summed E-state index contributed by atoms with van der Waals surface area (Å²) in [6.07, 6.45) is 4.02. The van der Waals surface area contributed by atoms with E-state index in [0.717, 1.165) is 10.8 Å². The Balaban J connectivity index is 2.51. The Labute approximate surface area is 148 Å². The molecule has 0 aliphatic carbocycles. The van der Waals surface area contributed by atoms with E-state index in [9.17, 15) is 16.8 Å². The number of rotatable bonds is 6. The van der Waals surface area contributed by atoms with Gasteiger partial charge in [-0.1, -0.05) is 38.1 Å². The molecule has 0 saturated heterocycles. The van der Waals surface area contributed by atoms with E-state index in [1.165, 1.54) is 6.20 Å². The number of fused-ring (bicyclic) bond motifs is 3. The molecule has 0 amide bonds. The number of aromatic nitrogens is 1. The van der Waals surface area contributed by atoms with E-state index >= 15 is 0 Å². The van der Waals surface area contributed by atoms with Gasteiger partial charge in [-0.3, -0.25) is 0 Å². The van der Waals surface area contributed by atoms with Crippen LogP contribution in [0.3, 0.4) is 0 Å². The van der Waals surface area contributed by atoms with Crippen LogP contribution in [0, 0.1) is 0 Å². The summed E-state index contributed by atoms with van der Waals surface area (Å²) >= 11 is 0. The molecule has 0 atom stereocenters. The number of pyridine rings is 1. The predicted octanol–water partition coefficient (Wildman–Crippen LogP) is 3.46. The van der Waals surface area contributed by atoms with Crippen LogP contribution in [0.15, 0.2) is 52.5 Å². The minimum atomic E-state index is -3.72. The molecule has 2 heterocycles. The number of hydrogen-bond acceptors (Lipinski definition) is 4. The average Bonchev–Trinajstić information content (AvgIpc) is 2.96. The van der Waals surface area contributed by atoms with Crippen molar-refractivity contribution in [1.82, 2.24) is 4.40 Å². The third kappa shape index (κ3) is 3.06. The van der Waals surface area contributed by atoms with Crippen LogP contribution >= 0.6 is 0 Å². The van der Waals surface area contributed by atoms with Gasteiger partial charge < -0.3 is 4.40 Å². The lowest BCUT2D eigenvalue weighted by Crippen LogP contribution is -2.13. The molecule has 0 aliphatic heterocycles. The van der Waals surface area contributed by atoms with Crippen molar-refractivity contribution >= 4 is 36.0 Å². The molecule has 3 aromatic rings. The monoisotopic (exact) mass is 379 g/mol. The van der Waals surface area contributed by atoms with Crippen LogP contribution in [0.4, 0.5) is 0 Å². The molecule has 0 unspecified atom stereocenters. The summed E-state index contributed by atoms with van der Waals surface area (Å²) in [5.41, 5.74) is 0.446. The highest BCUT2D eigenvalue weighted by Gasteiger charge is 2.31. The first-order valence-electron chi connectivity index (χ1n) is 8.29. The van der Waals surface area contributed by atoms with Gasteiger partial charge in [0, 0.05) is 17.8 Å². The maximum absolute atomic E-state index is 12.9. The van der Waals surface area contributed by atoms with E-state index in [0.29, 0.717) is 18.4 Å². The quantitative estimate of drug-likeness (QED) is 0.657. The normalized spacial score (nSPS) is 12.9. The van der Waals surface area contributed by atoms with Gasteiger partial charge in [0.25, 0.3) is 0 Å². The summed E-state index contributed by atoms with van der Waals surface area (Å²) in [6.45, 7) is 3.54. The Bertz CT molecular complexity index is 1140. The highest BCUT2D eigenvalue weighted by Crippen LogP contribution is 2.34. The first-order chi connectivity index (χ1) is 11.8. The van der Waals surface area contributed by atoms with E-state index in [1.54, 1.807) is 24.4 Å². The summed E-state index contributed by atoms with van der Waals surface area (Å²) in [7, 11) is -7.39. The smallest absolute Gasteiger partial charge is 0.181 e. The second kappa shape index (κ2) is 6.46. The molecule has 0 bridgehead atoms. The zero-order valence-corrected chi connectivity index (χ0v) is 15.9. The maximum atomic E-state index is 12.9. The zero-order chi connectivity index (χ0) is 18.2. The first kappa shape index (κ1) is 17.9. The van der Waals surface area contributed by atoms with Crippen molar-refractivity contribution < 1.29 is 16.8 Å². The molecule has 7 heteroatoms. The SMILES string of the molecule is CCCS(=O)(=O)c1cn2ccc3ccccc3c2c1S(=O)(=O)CCC. The van der Waals surface area contributed by atoms with Crippen molar-refractivity contribution in [1.29, 1.82) is 0 Å². The van der Waals surface area contributed by atoms with E-state index in [1.807, 2.05) is 30.3 Å². The van der Waals surface area contributed by atoms with E-state index in [-0.39, 0.29) is 21.3 Å². The minimum Gasteiger partial charge on any atom is -0.321 e. The topological polar surface area (TPSA) is 72.7 Å². The van der Waals surface area contributed by atoms with Gasteiger partial charge in [0.2, 0.25) is 0 Å². The molecular weight excluding hydrogens is 358 g/mol. The van der Waals surface area contributed by atoms with Gasteiger partial charge in [0.05, 0.1) is 17.0 Å². The third-order valence-electron chi connectivity index (χ3n) is 4.18. The van der Waals surface area contributed by atoms with Gasteiger partial charge in [0.1, 0.15) is 9.79 Å². The largest absolute Gasteiger partial charge is 0.321 e. The lowest BCUT2D eigenvalue weighted by Gasteiger charge is -2.08. The lowest BCUT2D eigenvalue weighted by molar-refractivity contribution is 0.583. The number of nitrogens with zero attached hydrogens (tertiary/aromatic N) is 1. The van der Waals surface area contributed by atoms with Crippen molar-refractivity contribution in [2.45, 2.75) is 36.5 Å². The zero-order valence-electron chi connectivity index (χ0n) is 14.3. The Morgan fingerprint density at radius 3 is 2.20 bits per heavy atom. The van der Waals surface area contributed by atoms with Crippen LogP contribution in [-0.4, -0.2) is 32.7 Å². The molecule has 0 spiro atoms. The Kier molecular flexibility index (Phi) is 4.64. The molecule has 134 valence electrons. The van der Waals surface area contributed by atoms with E-state index in [2.05, 4.69) is 0 Å². The van der Waals surface area contributed by atoms with Crippen LogP contribution < -0.4 is 0 Å². The molecule has 0 radical (unpaired) electrons. The summed E-state index contributed by atoms with van der Waals surface area (Å²) < 4.78 is 53.0. The third-order valence-corrected chi connectivity index (χ3v) is 8.21. The Hall–Kier alpha value is -1.86. The fourth-order valence-electron chi connectivity index (χ4n) is 3.15. The Morgan fingerprint density at radius 2 is 1.52 bits per heavy atom. The lowest BCUT2D eigenvalue weighted by atomic mass is 10.1. The predicted molar refractivity (Wildman–Crippen MR) is 99.6 cm³/mol. The van der Waals surface area contributed by atoms with Crippen molar-refractivity contribution in [2.24, 2.45) is 0 Å². The van der Waals surface area contributed by atoms with E-state index < -0.39 is 19.7 Å². The highest BCUT2D eigenvalue weighted by atomic mass is 32.2. The average molecular weight is 380 g/mol. The number of sulfone groups is 2. The van der Waals surface area contributed by atoms with Crippen molar-refractivity contribution in [3.8, 4) is 0 Å². The van der Waals surface area contributed by atoms with Crippen molar-refractivity contribution in [3.63, 3.8) is 0 Å². The molecule has 0 N–H and O–H groups in total. The van der Waals surface area contributed by atoms with Crippen LogP contribution in [0.25, 0.3) is 16.3 Å². The number of hydrogen-bond donors (Lipinski definition) is 0. The van der Waals surface area contributed by atoms with Crippen LogP contribution in [0.5, 0.6) is 0 Å². The van der Waals surface area contributed by atoms with Crippen LogP contribution in [-0.2, 0) is 19.7 Å². The van der Waals surface area contributed by atoms with Crippen molar-refractivity contribution in [2.75, 3.05) is 11.5 Å². The molecular formula is C18H21NO4S2. The fraction of sp³-hybridized carbons (Fsp3) is 0.333. The van der Waals surface area contributed by atoms with Gasteiger partial charge in [-0.2, -0.15) is 0 Å².